The molecule has 2 atom stereocenters. The van der Waals surface area contributed by atoms with E-state index in [1.165, 1.54) is 5.56 Å². The van der Waals surface area contributed by atoms with Crippen LogP contribution >= 0.6 is 0 Å². The second kappa shape index (κ2) is 8.35. The first-order valence-corrected chi connectivity index (χ1v) is 10.9. The average Bonchev–Trinajstić information content (AvgIpc) is 3.17. The van der Waals surface area contributed by atoms with Crippen molar-refractivity contribution in [2.75, 3.05) is 6.54 Å². The molecule has 0 spiro atoms. The van der Waals surface area contributed by atoms with Crippen LogP contribution in [-0.2, 0) is 11.2 Å². The van der Waals surface area contributed by atoms with E-state index in [9.17, 15) is 9.90 Å². The van der Waals surface area contributed by atoms with Crippen LogP contribution in [0.2, 0.25) is 0 Å². The van der Waals surface area contributed by atoms with Crippen molar-refractivity contribution in [2.45, 2.75) is 25.3 Å². The largest absolute Gasteiger partial charge is 0.508 e. The van der Waals surface area contributed by atoms with Crippen molar-refractivity contribution >= 4 is 11.6 Å². The maximum absolute atomic E-state index is 13.5. The van der Waals surface area contributed by atoms with E-state index in [1.807, 2.05) is 53.4 Å². The van der Waals surface area contributed by atoms with Gasteiger partial charge in [-0.25, -0.2) is 4.99 Å². The van der Waals surface area contributed by atoms with E-state index >= 15 is 0 Å². The molecule has 5 rings (SSSR count). The highest BCUT2D eigenvalue weighted by atomic mass is 16.3. The van der Waals surface area contributed by atoms with Gasteiger partial charge in [0.2, 0.25) is 11.4 Å². The predicted octanol–water partition coefficient (Wildman–Crippen LogP) is 2.29. The summed E-state index contributed by atoms with van der Waals surface area (Å²) in [4.78, 5) is 19.0. The fourth-order valence-electron chi connectivity index (χ4n) is 4.45. The van der Waals surface area contributed by atoms with Crippen molar-refractivity contribution in [2.24, 2.45) is 0 Å². The van der Waals surface area contributed by atoms with E-state index in [4.69, 9.17) is 0 Å². The Labute approximate surface area is 187 Å². The lowest BCUT2D eigenvalue weighted by atomic mass is 9.93. The lowest BCUT2D eigenvalue weighted by Crippen LogP contribution is -2.76. The van der Waals surface area contributed by atoms with Crippen molar-refractivity contribution in [3.8, 4) is 5.75 Å². The van der Waals surface area contributed by atoms with Gasteiger partial charge in [0.15, 0.2) is 5.82 Å². The molecule has 1 amide bonds. The van der Waals surface area contributed by atoms with Crippen molar-refractivity contribution in [1.82, 2.24) is 10.2 Å². The van der Waals surface area contributed by atoms with Crippen LogP contribution in [-0.4, -0.2) is 34.2 Å². The van der Waals surface area contributed by atoms with Crippen LogP contribution < -0.4 is 10.3 Å². The van der Waals surface area contributed by atoms with E-state index in [1.54, 1.807) is 12.1 Å². The van der Waals surface area contributed by atoms with Gasteiger partial charge in [-0.15, -0.1) is 0 Å². The number of rotatable bonds is 5. The quantitative estimate of drug-likeness (QED) is 0.589. The first kappa shape index (κ1) is 20.1. The minimum absolute atomic E-state index is 0.0388. The van der Waals surface area contributed by atoms with E-state index in [0.29, 0.717) is 13.0 Å². The zero-order chi connectivity index (χ0) is 22.1. The molecule has 0 aromatic heterocycles. The van der Waals surface area contributed by atoms with Gasteiger partial charge in [0, 0.05) is 11.5 Å². The number of carbonyl (C=O) groups is 1. The molecule has 160 valence electrons. The normalized spacial score (nSPS) is 18.8. The second-order valence-corrected chi connectivity index (χ2v) is 8.39. The summed E-state index contributed by atoms with van der Waals surface area (Å²) in [6.45, 7) is 2.56. The minimum Gasteiger partial charge on any atom is -0.508 e. The molecule has 0 saturated carbocycles. The fraction of sp³-hybridized carbons (Fsp3) is 0.185. The molecular weight excluding hydrogens is 398 g/mol. The first-order valence-electron chi connectivity index (χ1n) is 10.9. The fourth-order valence-corrected chi connectivity index (χ4v) is 4.45. The molecule has 1 fully saturated rings. The summed E-state index contributed by atoms with van der Waals surface area (Å²) >= 11 is 0. The van der Waals surface area contributed by atoms with E-state index < -0.39 is 0 Å². The third kappa shape index (κ3) is 3.78. The van der Waals surface area contributed by atoms with Crippen LogP contribution in [0.3, 0.4) is 0 Å². The van der Waals surface area contributed by atoms with Gasteiger partial charge in [0.25, 0.3) is 5.91 Å². The number of allylic oxidation sites excluding steroid dienone is 1. The summed E-state index contributed by atoms with van der Waals surface area (Å²) in [5, 5.41) is 13.2. The van der Waals surface area contributed by atoms with Crippen LogP contribution in [0.25, 0.3) is 0 Å². The number of benzene rings is 3. The smallest absolute Gasteiger partial charge is 0.251 e. The van der Waals surface area contributed by atoms with E-state index in [2.05, 4.69) is 41.5 Å². The summed E-state index contributed by atoms with van der Waals surface area (Å²) in [5.74, 6) is 1.20. The molecule has 3 aromatic rings. The van der Waals surface area contributed by atoms with Gasteiger partial charge in [0.05, 0.1) is 6.42 Å². The zero-order valence-electron chi connectivity index (χ0n) is 18.0. The third-order valence-corrected chi connectivity index (χ3v) is 6.26. The maximum Gasteiger partial charge on any atom is 0.251 e. The van der Waals surface area contributed by atoms with Gasteiger partial charge in [-0.3, -0.25) is 9.69 Å². The Balaban J connectivity index is 1.52. The SMILES string of the molecule is CC(c1ccccc1)C1NC2=C(Cc3ccccc3)[NH+]=C(c3ccc(O)cc3)CN2C1=O. The monoisotopic (exact) mass is 424 g/mol. The predicted molar refractivity (Wildman–Crippen MR) is 124 cm³/mol. The zero-order valence-corrected chi connectivity index (χ0v) is 18.0. The van der Waals surface area contributed by atoms with Gasteiger partial charge in [-0.05, 0) is 35.4 Å². The van der Waals surface area contributed by atoms with E-state index in [0.717, 1.165) is 28.4 Å². The molecule has 2 heterocycles. The molecular formula is C27H26N3O2+. The number of phenolic OH excluding ortho intramolecular Hbond substituents is 1. The Kier molecular flexibility index (Phi) is 5.23. The molecule has 2 unspecified atom stereocenters. The lowest BCUT2D eigenvalue weighted by Gasteiger charge is -2.21. The second-order valence-electron chi connectivity index (χ2n) is 8.39. The van der Waals surface area contributed by atoms with Crippen LogP contribution in [0, 0.1) is 0 Å². The molecule has 32 heavy (non-hydrogen) atoms. The van der Waals surface area contributed by atoms with Crippen molar-refractivity contribution in [3.05, 3.63) is 113 Å². The number of nitrogens with zero attached hydrogens (tertiary/aromatic N) is 1. The summed E-state index contributed by atoms with van der Waals surface area (Å²) in [6.07, 6.45) is 0.682. The maximum atomic E-state index is 13.5. The summed E-state index contributed by atoms with van der Waals surface area (Å²) < 4.78 is 0. The van der Waals surface area contributed by atoms with Crippen LogP contribution in [0.15, 0.2) is 96.4 Å². The summed E-state index contributed by atoms with van der Waals surface area (Å²) in [7, 11) is 0. The number of amides is 1. The van der Waals surface area contributed by atoms with Crippen LogP contribution in [0.1, 0.15) is 29.5 Å². The van der Waals surface area contributed by atoms with Gasteiger partial charge in [-0.1, -0.05) is 67.6 Å². The molecule has 1 saturated heterocycles. The molecule has 5 nitrogen and oxygen atoms in total. The number of nitrogens with one attached hydrogen (secondary N) is 2. The standard InChI is InChI=1S/C27H25N3O2/c1-18(20-10-6-3-7-11-20)25-27(32)30-17-24(21-12-14-22(31)15-13-21)28-23(26(30)29-25)16-19-8-4-2-5-9-19/h2-15,18,25,29,31H,16-17H2,1H3/p+1. The molecule has 0 radical (unpaired) electrons. The third-order valence-electron chi connectivity index (χ3n) is 6.26. The Morgan fingerprint density at radius 3 is 2.34 bits per heavy atom. The highest BCUT2D eigenvalue weighted by molar-refractivity contribution is 6.02. The van der Waals surface area contributed by atoms with Gasteiger partial charge in [-0.2, -0.15) is 0 Å². The Bertz CT molecular complexity index is 1180. The molecule has 2 aliphatic heterocycles. The molecule has 3 aromatic carbocycles. The van der Waals surface area contributed by atoms with Crippen LogP contribution in [0.5, 0.6) is 5.75 Å². The number of carbonyl (C=O) groups excluding carboxylic acids is 1. The average molecular weight is 425 g/mol. The van der Waals surface area contributed by atoms with Crippen molar-refractivity contribution in [3.63, 3.8) is 0 Å². The lowest BCUT2D eigenvalue weighted by molar-refractivity contribution is -0.406. The molecule has 0 bridgehead atoms. The minimum atomic E-state index is -0.320. The number of fused-ring (bicyclic) bond motifs is 1. The van der Waals surface area contributed by atoms with Crippen molar-refractivity contribution in [1.29, 1.82) is 0 Å². The van der Waals surface area contributed by atoms with Gasteiger partial charge < -0.3 is 10.4 Å². The van der Waals surface area contributed by atoms with Crippen molar-refractivity contribution < 1.29 is 14.9 Å². The topological polar surface area (TPSA) is 66.5 Å². The van der Waals surface area contributed by atoms with Gasteiger partial charge >= 0.3 is 0 Å². The highest BCUT2D eigenvalue weighted by Crippen LogP contribution is 2.29. The Hall–Kier alpha value is -3.86. The van der Waals surface area contributed by atoms with E-state index in [-0.39, 0.29) is 23.6 Å². The Morgan fingerprint density at radius 2 is 1.66 bits per heavy atom. The molecule has 0 aliphatic carbocycles. The number of hydrogen-bond donors (Lipinski definition) is 3. The number of aromatic hydroxyl groups is 1. The number of hydrogen-bond acceptors (Lipinski definition) is 3. The van der Waals surface area contributed by atoms with Crippen LogP contribution in [0.4, 0.5) is 0 Å². The molecule has 5 heteroatoms. The van der Waals surface area contributed by atoms with Gasteiger partial charge in [0.1, 0.15) is 18.3 Å². The number of phenols is 1. The first-order chi connectivity index (χ1) is 15.6. The molecule has 3 N–H and O–H groups in total. The molecule has 2 aliphatic rings. The Morgan fingerprint density at radius 1 is 1.00 bits per heavy atom. The summed E-state index contributed by atoms with van der Waals surface area (Å²) in [6, 6.07) is 27.2. The summed E-state index contributed by atoms with van der Waals surface area (Å²) in [5.41, 5.74) is 5.19. The highest BCUT2D eigenvalue weighted by Gasteiger charge is 2.45.